The molecule has 1 aliphatic rings. The Kier molecular flexibility index (Phi) is 2.97. The number of nitrogens with zero attached hydrogens (tertiary/aromatic N) is 1. The van der Waals surface area contributed by atoms with Crippen molar-refractivity contribution in [1.29, 1.82) is 0 Å². The van der Waals surface area contributed by atoms with Crippen molar-refractivity contribution in [2.24, 2.45) is 0 Å². The quantitative estimate of drug-likeness (QED) is 0.603. The summed E-state index contributed by atoms with van der Waals surface area (Å²) >= 11 is 5.06. The van der Waals surface area contributed by atoms with Crippen molar-refractivity contribution in [1.82, 2.24) is 5.43 Å². The van der Waals surface area contributed by atoms with Gasteiger partial charge in [-0.2, -0.15) is 5.43 Å². The summed E-state index contributed by atoms with van der Waals surface area (Å²) in [5.41, 5.74) is 4.24. The minimum absolute atomic E-state index is 0.872. The second-order valence-corrected chi connectivity index (χ2v) is 3.87. The van der Waals surface area contributed by atoms with E-state index in [0.29, 0.717) is 0 Å². The molecule has 1 heterocycles. The third-order valence-corrected chi connectivity index (χ3v) is 2.56. The largest absolute Gasteiger partial charge is 0.497 e. The van der Waals surface area contributed by atoms with Crippen LogP contribution in [0.25, 0.3) is 0 Å². The maximum atomic E-state index is 5.09. The monoisotopic (exact) mass is 221 g/mol. The van der Waals surface area contributed by atoms with E-state index in [-0.39, 0.29) is 0 Å². The number of nitrogens with one attached hydrogen (secondary N) is 1. The van der Waals surface area contributed by atoms with Crippen LogP contribution in [-0.2, 0) is 0 Å². The van der Waals surface area contributed by atoms with Gasteiger partial charge in [0.05, 0.1) is 13.5 Å². The van der Waals surface area contributed by atoms with Crippen LogP contribution >= 0.6 is 12.2 Å². The number of thiocarbonyl (C=S) groups is 1. The fourth-order valence-electron chi connectivity index (χ4n) is 1.46. The van der Waals surface area contributed by atoms with Crippen LogP contribution in [0.3, 0.4) is 0 Å². The summed E-state index contributed by atoms with van der Waals surface area (Å²) in [7, 11) is 1.67. The number of rotatable bonds is 2. The van der Waals surface area contributed by atoms with Gasteiger partial charge in [0.25, 0.3) is 0 Å². The number of benzene rings is 1. The maximum Gasteiger partial charge on any atom is 0.201 e. The molecule has 1 saturated heterocycles. The lowest BCUT2D eigenvalue weighted by molar-refractivity contribution is -0.551. The molecular weight excluding hydrogens is 208 g/mol. The van der Waals surface area contributed by atoms with E-state index in [0.717, 1.165) is 29.3 Å². The van der Waals surface area contributed by atoms with Crippen LogP contribution in [0.1, 0.15) is 12.0 Å². The molecule has 78 valence electrons. The zero-order valence-corrected chi connectivity index (χ0v) is 9.38. The Labute approximate surface area is 94.3 Å². The average molecular weight is 221 g/mol. The number of hydrazine groups is 1. The minimum atomic E-state index is 0.872. The number of hydrogen-bond donors (Lipinski definition) is 1. The summed E-state index contributed by atoms with van der Waals surface area (Å²) in [6.45, 7) is 0.935. The molecule has 1 aromatic carbocycles. The topological polar surface area (TPSA) is 24.3 Å². The van der Waals surface area contributed by atoms with Crippen LogP contribution in [0.15, 0.2) is 24.3 Å². The Morgan fingerprint density at radius 3 is 2.67 bits per heavy atom. The lowest BCUT2D eigenvalue weighted by Gasteiger charge is -1.98. The summed E-state index contributed by atoms with van der Waals surface area (Å²) in [6, 6.07) is 7.92. The van der Waals surface area contributed by atoms with Gasteiger partial charge in [0.2, 0.25) is 6.21 Å². The standard InChI is InChI=1S/C11H12N2OS/c1-14-10-4-2-9(3-5-10)8-13-7-6-11(15)12-13/h2-5,8H,6-7H2,1H3/p+1/b13-8+. The van der Waals surface area contributed by atoms with Crippen molar-refractivity contribution < 1.29 is 9.42 Å². The molecule has 0 saturated carbocycles. The molecular formula is C11H13N2OS+. The van der Waals surface area contributed by atoms with E-state index in [1.54, 1.807) is 7.11 Å². The van der Waals surface area contributed by atoms with Gasteiger partial charge in [-0.3, -0.25) is 0 Å². The maximum absolute atomic E-state index is 5.09. The Bertz CT molecular complexity index is 398. The Morgan fingerprint density at radius 1 is 1.40 bits per heavy atom. The Hall–Kier alpha value is -1.42. The Balaban J connectivity index is 2.13. The van der Waals surface area contributed by atoms with Crippen LogP contribution in [0.4, 0.5) is 0 Å². The van der Waals surface area contributed by atoms with E-state index in [1.807, 2.05) is 35.2 Å². The molecule has 1 aromatic rings. The molecule has 0 aromatic heterocycles. The summed E-state index contributed by atoms with van der Waals surface area (Å²) in [5, 5.41) is 0. The molecule has 0 spiro atoms. The van der Waals surface area contributed by atoms with Gasteiger partial charge in [-0.1, -0.05) is 12.2 Å². The van der Waals surface area contributed by atoms with Crippen molar-refractivity contribution in [3.63, 3.8) is 0 Å². The highest BCUT2D eigenvalue weighted by molar-refractivity contribution is 7.80. The van der Waals surface area contributed by atoms with Crippen molar-refractivity contribution in [3.8, 4) is 5.75 Å². The highest BCUT2D eigenvalue weighted by atomic mass is 32.1. The Morgan fingerprint density at radius 2 is 2.13 bits per heavy atom. The SMILES string of the molecule is COc1ccc(/C=[N+]2\CCC(=S)N2)cc1. The predicted molar refractivity (Wildman–Crippen MR) is 63.6 cm³/mol. The van der Waals surface area contributed by atoms with E-state index >= 15 is 0 Å². The van der Waals surface area contributed by atoms with Crippen LogP contribution in [-0.4, -0.2) is 29.5 Å². The number of ether oxygens (including phenoxy) is 1. The normalized spacial score (nSPS) is 17.9. The van der Waals surface area contributed by atoms with Crippen molar-refractivity contribution in [3.05, 3.63) is 29.8 Å². The molecule has 0 atom stereocenters. The lowest BCUT2D eigenvalue weighted by Crippen LogP contribution is -2.24. The summed E-state index contributed by atoms with van der Waals surface area (Å²) in [4.78, 5) is 0.903. The second kappa shape index (κ2) is 4.40. The first-order chi connectivity index (χ1) is 7.28. The fraction of sp³-hybridized carbons (Fsp3) is 0.273. The summed E-state index contributed by atoms with van der Waals surface area (Å²) < 4.78 is 7.10. The molecule has 0 amide bonds. The smallest absolute Gasteiger partial charge is 0.201 e. The molecule has 1 aliphatic heterocycles. The molecule has 3 nitrogen and oxygen atoms in total. The molecule has 1 fully saturated rings. The van der Waals surface area contributed by atoms with Crippen molar-refractivity contribution in [2.45, 2.75) is 6.42 Å². The molecule has 0 radical (unpaired) electrons. The molecule has 2 rings (SSSR count). The van der Waals surface area contributed by atoms with Crippen LogP contribution in [0.5, 0.6) is 5.75 Å². The average Bonchev–Trinajstić information content (AvgIpc) is 2.65. The first-order valence-electron chi connectivity index (χ1n) is 4.83. The highest BCUT2D eigenvalue weighted by Crippen LogP contribution is 2.09. The van der Waals surface area contributed by atoms with Crippen molar-refractivity contribution in [2.75, 3.05) is 13.7 Å². The first kappa shape index (κ1) is 10.1. The van der Waals surface area contributed by atoms with Gasteiger partial charge in [0.1, 0.15) is 10.7 Å². The van der Waals surface area contributed by atoms with Gasteiger partial charge in [0, 0.05) is 5.56 Å². The van der Waals surface area contributed by atoms with Gasteiger partial charge in [0.15, 0.2) is 6.54 Å². The number of hydrazone groups is 1. The van der Waals surface area contributed by atoms with Crippen LogP contribution in [0, 0.1) is 0 Å². The molecule has 15 heavy (non-hydrogen) atoms. The van der Waals surface area contributed by atoms with Gasteiger partial charge in [-0.15, -0.1) is 4.68 Å². The highest BCUT2D eigenvalue weighted by Gasteiger charge is 2.17. The zero-order chi connectivity index (χ0) is 10.7. The molecule has 0 bridgehead atoms. The second-order valence-electron chi connectivity index (χ2n) is 3.38. The van der Waals surface area contributed by atoms with E-state index in [2.05, 4.69) is 5.43 Å². The van der Waals surface area contributed by atoms with E-state index in [1.165, 1.54) is 0 Å². The number of methoxy groups -OCH3 is 1. The van der Waals surface area contributed by atoms with Crippen LogP contribution in [0.2, 0.25) is 0 Å². The van der Waals surface area contributed by atoms with E-state index in [9.17, 15) is 0 Å². The molecule has 0 unspecified atom stereocenters. The van der Waals surface area contributed by atoms with Gasteiger partial charge >= 0.3 is 0 Å². The molecule has 1 N–H and O–H groups in total. The predicted octanol–water partition coefficient (Wildman–Crippen LogP) is 1.36. The van der Waals surface area contributed by atoms with Crippen LogP contribution < -0.4 is 10.2 Å². The molecule has 4 heteroatoms. The molecule has 0 aliphatic carbocycles. The third kappa shape index (κ3) is 2.53. The van der Waals surface area contributed by atoms with E-state index < -0.39 is 0 Å². The first-order valence-corrected chi connectivity index (χ1v) is 5.24. The summed E-state index contributed by atoms with van der Waals surface area (Å²) in [6.07, 6.45) is 2.97. The third-order valence-electron chi connectivity index (χ3n) is 2.27. The minimum Gasteiger partial charge on any atom is -0.497 e. The summed E-state index contributed by atoms with van der Waals surface area (Å²) in [5.74, 6) is 0.872. The number of hydrogen-bond acceptors (Lipinski definition) is 2. The zero-order valence-electron chi connectivity index (χ0n) is 8.56. The van der Waals surface area contributed by atoms with Gasteiger partial charge < -0.3 is 4.74 Å². The van der Waals surface area contributed by atoms with Crippen molar-refractivity contribution >= 4 is 23.4 Å². The van der Waals surface area contributed by atoms with Gasteiger partial charge in [-0.05, 0) is 24.3 Å². The van der Waals surface area contributed by atoms with E-state index in [4.69, 9.17) is 17.0 Å². The van der Waals surface area contributed by atoms with Gasteiger partial charge in [-0.25, -0.2) is 0 Å². The lowest BCUT2D eigenvalue weighted by atomic mass is 10.2. The fourth-order valence-corrected chi connectivity index (χ4v) is 1.67.